The van der Waals surface area contributed by atoms with Gasteiger partial charge in [0.1, 0.15) is 35.7 Å². The van der Waals surface area contributed by atoms with Crippen molar-refractivity contribution in [1.82, 2.24) is 73.9 Å². The number of ether oxygens (including phenoxy) is 10. The Labute approximate surface area is 887 Å². The highest BCUT2D eigenvalue weighted by molar-refractivity contribution is 6.03. The normalized spacial score (nSPS) is 31.2. The Morgan fingerprint density at radius 2 is 0.572 bits per heavy atom. The number of amides is 10. The Bertz CT molecular complexity index is 10600. The summed E-state index contributed by atoms with van der Waals surface area (Å²) >= 11 is 0. The Kier molecular flexibility index (Phi) is 12.5. The van der Waals surface area contributed by atoms with E-state index < -0.39 is 354 Å². The van der Waals surface area contributed by atoms with Gasteiger partial charge >= 0.3 is 0 Å². The number of para-hydroxylation sites is 5. The molecule has 5 aromatic heterocycles. The van der Waals surface area contributed by atoms with Crippen LogP contribution in [0, 0.1) is 0 Å². The molecule has 5 fully saturated rings. The molecule has 145 heavy (non-hydrogen) atoms. The third kappa shape index (κ3) is 14.2. The Balaban J connectivity index is 0.000000112. The van der Waals surface area contributed by atoms with Crippen molar-refractivity contribution in [2.24, 2.45) is 0 Å². The number of likely N-dealkylation sites (N-methyl/N-ethyl adjacent to an activating group) is 5. The van der Waals surface area contributed by atoms with Crippen LogP contribution in [-0.2, 0) is 80.0 Å². The molecule has 10 aromatic carbocycles. The lowest BCUT2D eigenvalue weighted by molar-refractivity contribution is -0.157. The largest absolute Gasteiger partial charge is 0.454 e. The molecular weight excluding hydrogens is 1850 g/mol. The summed E-state index contributed by atoms with van der Waals surface area (Å²) in [6, 6.07) is -7.58. The van der Waals surface area contributed by atoms with E-state index in [2.05, 4.69) is 24.9 Å². The number of piperazine rings is 5. The first-order valence-electron chi connectivity index (χ1n) is 66.2. The van der Waals surface area contributed by atoms with Gasteiger partial charge in [-0.1, -0.05) is 121 Å². The van der Waals surface area contributed by atoms with Crippen molar-refractivity contribution in [1.29, 1.82) is 0 Å². The van der Waals surface area contributed by atoms with Crippen LogP contribution < -0.4 is 47.4 Å². The summed E-state index contributed by atoms with van der Waals surface area (Å²) in [6.45, 7) is -22.9. The van der Waals surface area contributed by atoms with Gasteiger partial charge in [0.15, 0.2) is 57.5 Å². The molecule has 0 aliphatic carbocycles. The van der Waals surface area contributed by atoms with Crippen LogP contribution in [0.15, 0.2) is 212 Å². The summed E-state index contributed by atoms with van der Waals surface area (Å²) in [5.74, 6) is -10.3. The molecular formula is C110H95N15O20. The van der Waals surface area contributed by atoms with Crippen LogP contribution in [0.25, 0.3) is 54.5 Å². The number of nitrogens with zero attached hydrogens (tertiary/aromatic N) is 10. The van der Waals surface area contributed by atoms with E-state index in [1.807, 2.05) is 24.3 Å². The van der Waals surface area contributed by atoms with E-state index in [9.17, 15) is 54.8 Å². The van der Waals surface area contributed by atoms with Gasteiger partial charge in [-0.15, -0.1) is 0 Å². The van der Waals surface area contributed by atoms with Crippen molar-refractivity contribution in [3.63, 3.8) is 0 Å². The smallest absolute Gasteiger partial charge is 0.245 e. The molecule has 0 saturated carbocycles. The monoisotopic (exact) mass is 1990 g/mol. The van der Waals surface area contributed by atoms with Crippen molar-refractivity contribution >= 4 is 114 Å². The maximum atomic E-state index is 13.7. The first kappa shape index (κ1) is 53.5. The second kappa shape index (κ2) is 33.9. The average Bonchev–Trinajstić information content (AvgIpc) is 1.49. The summed E-state index contributed by atoms with van der Waals surface area (Å²) in [6.07, 6.45) is -0.979. The number of H-pyrrole nitrogens is 5. The number of fused-ring (bicyclic) bond motifs is 25. The lowest BCUT2D eigenvalue weighted by Crippen LogP contribution is -2.62. The summed E-state index contributed by atoms with van der Waals surface area (Å²) in [5.41, 5.74) is 1.30. The predicted octanol–water partition coefficient (Wildman–Crippen LogP) is 11.1. The molecule has 35 nitrogen and oxygen atoms in total. The SMILES string of the molecule is [2H]C1([2H])C(=O)N2[C@H](Cc3c([nH]c4ccccc34)[C@@]2([2H])c2ccc3c(c2)OCO3)C(=O)N1C.[2H]c1c([2H])c([2H])c2c3c([nH]c2c1[2H])[C@@]([2H])(c1ccc2c(c1)OCO2)N1C(=O)C([2H])([2H])N(C)C(=O)[C@H]1C3.[2H]c1c([2H])c([C@]2([2H])c3[nH]c4c([2H])c([2H])c([2H])c([2H])c4c3C[C@@H]3C(=O)N(C([2H])([2H])[2H])CC(=O)N32)c([2H])c2c1OC([2H])([2H])O2.[2H]c1c([2H])c([C@]2([2H])c3[nH]c4c([2H])c([2H])c([2H])c([2H])c4c3C[C@@H]3C(=O)N(C([2H])([2H])[2H])CC(=O)N32)c([2H])c2c1OCO2.[2H]c1c([2H])c([C@]2([2H])c3[nH]c4ccccc4c3C[C@@H]3C(=O)N(C([2H])([2H])[2H])CC(=O)N32)c([2H])c2c1OC([2H])([2H])O2. The second-order valence-electron chi connectivity index (χ2n) is 34.9. The third-order valence-electron chi connectivity index (χ3n) is 26.9. The summed E-state index contributed by atoms with van der Waals surface area (Å²) in [7, 11) is 2.47. The molecule has 15 aliphatic rings. The number of carbonyl (C=O) groups is 10. The highest BCUT2D eigenvalue weighted by Crippen LogP contribution is 2.53. The van der Waals surface area contributed by atoms with Crippen LogP contribution in [0.2, 0.25) is 0 Å². The first-order chi connectivity index (χ1) is 87.7. The Morgan fingerprint density at radius 3 is 0.938 bits per heavy atom. The minimum atomic E-state index is -3.05. The third-order valence-corrected chi connectivity index (χ3v) is 26.9. The minimum absolute atomic E-state index is 0.0230. The predicted molar refractivity (Wildman–Crippen MR) is 523 cm³/mol. The van der Waals surface area contributed by atoms with Crippen molar-refractivity contribution < 1.29 is 154 Å². The topological polar surface area (TPSA) is 374 Å². The van der Waals surface area contributed by atoms with E-state index in [-0.39, 0.29) is 135 Å². The Hall–Kier alpha value is -17.4. The molecule has 20 heterocycles. The lowest BCUT2D eigenvalue weighted by atomic mass is 9.86. The van der Waals surface area contributed by atoms with Crippen LogP contribution in [-0.4, -0.2) is 265 Å². The van der Waals surface area contributed by atoms with E-state index in [1.165, 1.54) is 26.2 Å². The van der Waals surface area contributed by atoms with E-state index in [1.54, 1.807) is 48.5 Å². The molecule has 10 atom stereocenters. The molecule has 15 aliphatic heterocycles. The number of rotatable bonds is 5. The van der Waals surface area contributed by atoms with Gasteiger partial charge in [-0.25, -0.2) is 0 Å². The number of aromatic nitrogens is 5. The summed E-state index contributed by atoms with van der Waals surface area (Å²) in [4.78, 5) is 157. The molecule has 730 valence electrons. The van der Waals surface area contributed by atoms with Crippen molar-refractivity contribution in [2.45, 2.75) is 92.4 Å². The van der Waals surface area contributed by atoms with Crippen LogP contribution in [0.5, 0.6) is 57.5 Å². The van der Waals surface area contributed by atoms with E-state index in [0.29, 0.717) is 80.8 Å². The number of hydrogen-bond acceptors (Lipinski definition) is 20. The summed E-state index contributed by atoms with van der Waals surface area (Å²) in [5, 5.41) is 1.39. The molecule has 30 rings (SSSR count). The number of carbonyl (C=O) groups excluding carboxylic acids is 10. The molecule has 0 spiro atoms. The maximum Gasteiger partial charge on any atom is 0.245 e. The van der Waals surface area contributed by atoms with Crippen LogP contribution in [0.3, 0.4) is 0 Å². The fraction of sp³-hybridized carbons (Fsp3) is 0.273. The number of hydrogen-bond donors (Lipinski definition) is 5. The number of nitrogens with one attached hydrogen (secondary N) is 5. The van der Waals surface area contributed by atoms with Crippen LogP contribution in [0.4, 0.5) is 0 Å². The van der Waals surface area contributed by atoms with E-state index >= 15 is 0 Å². The fourth-order valence-electron chi connectivity index (χ4n) is 20.6. The molecule has 0 unspecified atom stereocenters. The standard InChI is InChI=1S/5C22H19N3O4/c5*1-24-10-19(26)25-16(22(24)27)9-14-13-4-2-3-5-15(13)23-20(14)21(25)12-6-7-17-18(8-12)29-11-28-17/h5*2-8,16,21,23H,9-11H2,1H3/t5*16-,21-/m11111/s1/i1D3,2D,3D,4D,5D,6D,7D,8D,11D2,21D;1D3,2D,3D,4D,5D,6D,7D,8D,21D;2D,3D,4D,5D,10D2,21D;1D3,6D,7D,8D,11D2,21D;10D2,21D. The highest BCUT2D eigenvalue weighted by Gasteiger charge is 2.55. The van der Waals surface area contributed by atoms with Crippen LogP contribution >= 0.6 is 0 Å². The van der Waals surface area contributed by atoms with Crippen molar-refractivity contribution in [2.75, 3.05) is 102 Å². The van der Waals surface area contributed by atoms with Crippen molar-refractivity contribution in [3.8, 4) is 57.5 Å². The quantitative estimate of drug-likeness (QED) is 0.107. The molecule has 5 N–H and O–H groups in total. The molecule has 0 radical (unpaired) electrons. The molecule has 10 amide bonds. The van der Waals surface area contributed by atoms with Gasteiger partial charge in [0.2, 0.25) is 92.9 Å². The molecule has 5 saturated heterocycles. The van der Waals surface area contributed by atoms with E-state index in [0.717, 1.165) is 41.0 Å². The first-order valence-corrected chi connectivity index (χ1v) is 44.7. The van der Waals surface area contributed by atoms with Gasteiger partial charge in [0.05, 0.1) is 104 Å². The van der Waals surface area contributed by atoms with Gasteiger partial charge in [0.25, 0.3) is 0 Å². The van der Waals surface area contributed by atoms with Gasteiger partial charge < -0.3 is 121 Å². The number of benzene rings is 10. The second-order valence-corrected chi connectivity index (χ2v) is 34.9. The molecule has 15 aromatic rings. The highest BCUT2D eigenvalue weighted by atomic mass is 16.7. The van der Waals surface area contributed by atoms with Gasteiger partial charge in [-0.2, -0.15) is 0 Å². The van der Waals surface area contributed by atoms with Gasteiger partial charge in [-0.3, -0.25) is 47.9 Å². The molecule has 0 bridgehead atoms. The number of aromatic amines is 5. The van der Waals surface area contributed by atoms with E-state index in [4.69, 9.17) is 99.5 Å². The zero-order valence-electron chi connectivity index (χ0n) is 118. The zero-order chi connectivity index (χ0) is 136. The van der Waals surface area contributed by atoms with Gasteiger partial charge in [0, 0.05) is 162 Å². The minimum Gasteiger partial charge on any atom is -0.454 e. The Morgan fingerprint density at radius 1 is 0.290 bits per heavy atom. The molecule has 35 heteroatoms. The maximum absolute atomic E-state index is 13.7. The summed E-state index contributed by atoms with van der Waals surface area (Å²) < 4.78 is 412. The average molecular weight is 1990 g/mol. The zero-order valence-corrected chi connectivity index (χ0v) is 74.9. The fourth-order valence-corrected chi connectivity index (χ4v) is 20.6. The van der Waals surface area contributed by atoms with Crippen molar-refractivity contribution in [3.05, 3.63) is 296 Å². The van der Waals surface area contributed by atoms with Crippen LogP contribution in [0.1, 0.15) is 173 Å². The van der Waals surface area contributed by atoms with Gasteiger partial charge in [-0.05, 0) is 146 Å². The lowest BCUT2D eigenvalue weighted by Gasteiger charge is -2.46.